The molecule has 0 bridgehead atoms. The van der Waals surface area contributed by atoms with Crippen molar-refractivity contribution in [3.8, 4) is 11.5 Å². The number of hydrogen-bond donors (Lipinski definition) is 1. The molecule has 166 valence electrons. The summed E-state index contributed by atoms with van der Waals surface area (Å²) in [6.45, 7) is 1.06. The fourth-order valence-corrected chi connectivity index (χ4v) is 3.92. The lowest BCUT2D eigenvalue weighted by Gasteiger charge is -2.13. The van der Waals surface area contributed by atoms with Crippen LogP contribution in [0.15, 0.2) is 77.7 Å². The van der Waals surface area contributed by atoms with Gasteiger partial charge in [-0.25, -0.2) is 9.59 Å². The fourth-order valence-electron chi connectivity index (χ4n) is 2.82. The monoisotopic (exact) mass is 456 g/mol. The smallest absolute Gasteiger partial charge is 0.341 e. The molecule has 9 heteroatoms. The first kappa shape index (κ1) is 22.8. The van der Waals surface area contributed by atoms with Crippen molar-refractivity contribution in [2.24, 2.45) is 0 Å². The predicted molar refractivity (Wildman–Crippen MR) is 114 cm³/mol. The molecule has 32 heavy (non-hydrogen) atoms. The maximum Gasteiger partial charge on any atom is 0.341 e. The van der Waals surface area contributed by atoms with Crippen molar-refractivity contribution >= 4 is 22.1 Å². The molecule has 8 nitrogen and oxygen atoms in total. The summed E-state index contributed by atoms with van der Waals surface area (Å²) < 4.78 is 41.4. The Hall–Kier alpha value is -3.85. The van der Waals surface area contributed by atoms with Crippen molar-refractivity contribution in [3.63, 3.8) is 0 Å². The van der Waals surface area contributed by atoms with Crippen molar-refractivity contribution < 1.29 is 36.8 Å². The number of aliphatic carboxylic acids is 1. The van der Waals surface area contributed by atoms with Crippen LogP contribution in [0.1, 0.15) is 21.5 Å². The van der Waals surface area contributed by atoms with Gasteiger partial charge in [-0.05, 0) is 42.3 Å². The Balaban J connectivity index is 1.82. The number of carbonyl (C=O) groups is 2. The van der Waals surface area contributed by atoms with Gasteiger partial charge in [0.1, 0.15) is 23.0 Å². The van der Waals surface area contributed by atoms with Gasteiger partial charge in [0.2, 0.25) is 0 Å². The molecule has 3 aromatic rings. The maximum atomic E-state index is 12.9. The Morgan fingerprint density at radius 1 is 0.906 bits per heavy atom. The number of benzene rings is 3. The Labute approximate surface area is 185 Å². The number of ether oxygens (including phenoxy) is 2. The zero-order valence-corrected chi connectivity index (χ0v) is 17.9. The van der Waals surface area contributed by atoms with Crippen LogP contribution in [0, 0.1) is 6.92 Å². The number of rotatable bonds is 9. The summed E-state index contributed by atoms with van der Waals surface area (Å²) in [5, 5.41) is 8.75. The summed E-state index contributed by atoms with van der Waals surface area (Å²) in [7, 11) is -4.41. The lowest BCUT2D eigenvalue weighted by atomic mass is 10.2. The van der Waals surface area contributed by atoms with E-state index < -0.39 is 28.7 Å². The zero-order valence-electron chi connectivity index (χ0n) is 17.1. The minimum Gasteiger partial charge on any atom is -0.482 e. The number of carbonyl (C=O) groups excluding carboxylic acids is 1. The van der Waals surface area contributed by atoms with Crippen LogP contribution in [0.4, 0.5) is 0 Å². The quantitative estimate of drug-likeness (QED) is 0.384. The average Bonchev–Trinajstić information content (AvgIpc) is 2.76. The van der Waals surface area contributed by atoms with Crippen molar-refractivity contribution in [2.75, 3.05) is 6.61 Å². The first-order valence-electron chi connectivity index (χ1n) is 9.45. The van der Waals surface area contributed by atoms with E-state index in [-0.39, 0.29) is 28.6 Å². The highest BCUT2D eigenvalue weighted by Crippen LogP contribution is 2.27. The van der Waals surface area contributed by atoms with Crippen molar-refractivity contribution in [3.05, 3.63) is 89.5 Å². The Morgan fingerprint density at radius 3 is 2.28 bits per heavy atom. The summed E-state index contributed by atoms with van der Waals surface area (Å²) in [5.74, 6) is -1.94. The van der Waals surface area contributed by atoms with E-state index in [1.165, 1.54) is 42.5 Å². The van der Waals surface area contributed by atoms with Crippen molar-refractivity contribution in [2.45, 2.75) is 18.4 Å². The van der Waals surface area contributed by atoms with E-state index >= 15 is 0 Å². The van der Waals surface area contributed by atoms with Crippen LogP contribution in [-0.4, -0.2) is 32.1 Å². The van der Waals surface area contributed by atoms with Crippen LogP contribution in [0.2, 0.25) is 0 Å². The minimum absolute atomic E-state index is 0.0168. The van der Waals surface area contributed by atoms with E-state index in [0.29, 0.717) is 5.56 Å². The summed E-state index contributed by atoms with van der Waals surface area (Å²) in [6.07, 6.45) is 0. The molecule has 0 aliphatic heterocycles. The van der Waals surface area contributed by atoms with Gasteiger partial charge in [-0.15, -0.1) is 0 Å². The lowest BCUT2D eigenvalue weighted by molar-refractivity contribution is -0.139. The van der Waals surface area contributed by atoms with Crippen LogP contribution in [0.3, 0.4) is 0 Å². The normalized spacial score (nSPS) is 10.9. The summed E-state index contributed by atoms with van der Waals surface area (Å²) in [4.78, 5) is 22.9. The SMILES string of the molecule is Cc1cc(OCC(=O)O)cc(OS(=O)(=O)c2ccccc2C(=O)OCc2ccccc2)c1. The van der Waals surface area contributed by atoms with Crippen LogP contribution >= 0.6 is 0 Å². The molecule has 0 saturated heterocycles. The van der Waals surface area contributed by atoms with E-state index in [1.54, 1.807) is 31.2 Å². The van der Waals surface area contributed by atoms with Crippen LogP contribution in [-0.2, 0) is 26.3 Å². The molecule has 0 unspecified atom stereocenters. The molecule has 0 heterocycles. The summed E-state index contributed by atoms with van der Waals surface area (Å²) in [5.41, 5.74) is 1.18. The van der Waals surface area contributed by atoms with E-state index in [9.17, 15) is 18.0 Å². The molecule has 0 saturated carbocycles. The van der Waals surface area contributed by atoms with E-state index in [4.69, 9.17) is 18.8 Å². The second-order valence-electron chi connectivity index (χ2n) is 6.76. The number of aryl methyl sites for hydroxylation is 1. The molecule has 3 aromatic carbocycles. The Morgan fingerprint density at radius 2 is 1.56 bits per heavy atom. The van der Waals surface area contributed by atoms with E-state index in [1.807, 2.05) is 6.07 Å². The maximum absolute atomic E-state index is 12.9. The van der Waals surface area contributed by atoms with E-state index in [2.05, 4.69) is 0 Å². The number of carboxylic acid groups (broad SMARTS) is 1. The fraction of sp³-hybridized carbons (Fsp3) is 0.130. The predicted octanol–water partition coefficient (Wildman–Crippen LogP) is 3.58. The van der Waals surface area contributed by atoms with Crippen molar-refractivity contribution in [1.29, 1.82) is 0 Å². The third-order valence-corrected chi connectivity index (χ3v) is 5.49. The van der Waals surface area contributed by atoms with Gasteiger partial charge in [0.05, 0.1) is 5.56 Å². The molecule has 0 aromatic heterocycles. The second kappa shape index (κ2) is 9.97. The van der Waals surface area contributed by atoms with Gasteiger partial charge in [0, 0.05) is 6.07 Å². The van der Waals surface area contributed by atoms with Crippen molar-refractivity contribution in [1.82, 2.24) is 0 Å². The average molecular weight is 456 g/mol. The number of carboxylic acids is 1. The highest BCUT2D eigenvalue weighted by molar-refractivity contribution is 7.87. The van der Waals surface area contributed by atoms with Gasteiger partial charge < -0.3 is 18.8 Å². The van der Waals surface area contributed by atoms with E-state index in [0.717, 1.165) is 5.56 Å². The Kier molecular flexibility index (Phi) is 7.11. The van der Waals surface area contributed by atoms with Gasteiger partial charge >= 0.3 is 22.1 Å². The first-order chi connectivity index (χ1) is 15.2. The molecule has 1 N–H and O–H groups in total. The molecule has 0 amide bonds. The van der Waals surface area contributed by atoms with Gasteiger partial charge in [0.25, 0.3) is 0 Å². The minimum atomic E-state index is -4.41. The number of hydrogen-bond acceptors (Lipinski definition) is 7. The summed E-state index contributed by atoms with van der Waals surface area (Å²) >= 11 is 0. The van der Waals surface area contributed by atoms with Gasteiger partial charge in [-0.1, -0.05) is 42.5 Å². The van der Waals surface area contributed by atoms with Gasteiger partial charge in [0.15, 0.2) is 6.61 Å². The first-order valence-corrected chi connectivity index (χ1v) is 10.9. The second-order valence-corrected chi connectivity index (χ2v) is 8.27. The molecular weight excluding hydrogens is 436 g/mol. The Bertz CT molecular complexity index is 1220. The molecule has 0 fully saturated rings. The molecule has 3 rings (SSSR count). The third kappa shape index (κ3) is 6.08. The van der Waals surface area contributed by atoms with Gasteiger partial charge in [-0.3, -0.25) is 0 Å². The molecule has 0 spiro atoms. The third-order valence-electron chi connectivity index (χ3n) is 4.18. The van der Waals surface area contributed by atoms with Crippen LogP contribution in [0.25, 0.3) is 0 Å². The van der Waals surface area contributed by atoms with Gasteiger partial charge in [-0.2, -0.15) is 8.42 Å². The molecule has 0 radical (unpaired) electrons. The molecule has 0 atom stereocenters. The summed E-state index contributed by atoms with van der Waals surface area (Å²) in [6, 6.07) is 18.8. The zero-order chi connectivity index (χ0) is 23.1. The van der Waals surface area contributed by atoms with Crippen LogP contribution < -0.4 is 8.92 Å². The standard InChI is InChI=1S/C23H20O8S/c1-16-11-18(29-15-22(24)25)13-19(12-16)31-32(27,28)21-10-6-5-9-20(21)23(26)30-14-17-7-3-2-4-8-17/h2-13H,14-15H2,1H3,(H,24,25). The molecular formula is C23H20O8S. The topological polar surface area (TPSA) is 116 Å². The van der Waals surface area contributed by atoms with Crippen LogP contribution in [0.5, 0.6) is 11.5 Å². The highest BCUT2D eigenvalue weighted by atomic mass is 32.2. The lowest BCUT2D eigenvalue weighted by Crippen LogP contribution is -2.16. The largest absolute Gasteiger partial charge is 0.482 e. The highest BCUT2D eigenvalue weighted by Gasteiger charge is 2.25. The molecule has 0 aliphatic carbocycles. The molecule has 0 aliphatic rings. The number of esters is 1.